The molecule has 0 aromatic rings. The second kappa shape index (κ2) is 23.7. The lowest BCUT2D eigenvalue weighted by molar-refractivity contribution is -0.131. The standard InChI is InChI=1S/C27H47NO2/c1-3-5-7-8-9-10-11-12-13-14-15-16-17-18-19-20-21-23-27(30)28(25-26-29)24-22-6-4-2/h9-10,12-13,15-16,18-19,29H,3-8,11,14,17,20-26H2,1-2H3/b10-9-,13-12-,16-15-,19-18-. The number of allylic oxidation sites excluding steroid dienone is 8. The van der Waals surface area contributed by atoms with Crippen molar-refractivity contribution < 1.29 is 9.90 Å². The van der Waals surface area contributed by atoms with Gasteiger partial charge in [0.2, 0.25) is 5.91 Å². The lowest BCUT2D eigenvalue weighted by Gasteiger charge is -2.21. The van der Waals surface area contributed by atoms with Crippen molar-refractivity contribution in [2.24, 2.45) is 0 Å². The Labute approximate surface area is 186 Å². The molecule has 0 aromatic heterocycles. The summed E-state index contributed by atoms with van der Waals surface area (Å²) in [5.41, 5.74) is 0. The molecule has 0 bridgehead atoms. The number of nitrogens with zero attached hydrogens (tertiary/aromatic N) is 1. The van der Waals surface area contributed by atoms with Crippen molar-refractivity contribution in [2.45, 2.75) is 97.3 Å². The van der Waals surface area contributed by atoms with Crippen LogP contribution in [0.5, 0.6) is 0 Å². The Morgan fingerprint density at radius 2 is 1.17 bits per heavy atom. The van der Waals surface area contributed by atoms with Gasteiger partial charge in [-0.15, -0.1) is 0 Å². The van der Waals surface area contributed by atoms with E-state index in [0.29, 0.717) is 13.0 Å². The van der Waals surface area contributed by atoms with Crippen molar-refractivity contribution in [2.75, 3.05) is 19.7 Å². The van der Waals surface area contributed by atoms with E-state index in [1.807, 2.05) is 4.90 Å². The Kier molecular flexibility index (Phi) is 22.4. The van der Waals surface area contributed by atoms with Crippen LogP contribution < -0.4 is 0 Å². The van der Waals surface area contributed by atoms with E-state index in [-0.39, 0.29) is 12.5 Å². The van der Waals surface area contributed by atoms with Gasteiger partial charge in [0.15, 0.2) is 0 Å². The molecule has 172 valence electrons. The SMILES string of the molecule is CCCCC/C=C\C/C=C\C/C=C\C/C=C\CCCC(=O)N(CCO)CCCCC. The predicted octanol–water partition coefficient (Wildman–Crippen LogP) is 7.14. The van der Waals surface area contributed by atoms with Gasteiger partial charge in [0.1, 0.15) is 0 Å². The van der Waals surface area contributed by atoms with Crippen LogP contribution in [0.2, 0.25) is 0 Å². The average Bonchev–Trinajstić information content (AvgIpc) is 2.75. The van der Waals surface area contributed by atoms with Gasteiger partial charge in [-0.25, -0.2) is 0 Å². The van der Waals surface area contributed by atoms with Gasteiger partial charge < -0.3 is 10.0 Å². The quantitative estimate of drug-likeness (QED) is 0.169. The summed E-state index contributed by atoms with van der Waals surface area (Å²) in [5, 5.41) is 9.14. The van der Waals surface area contributed by atoms with Gasteiger partial charge in [0, 0.05) is 19.5 Å². The van der Waals surface area contributed by atoms with Gasteiger partial charge in [-0.3, -0.25) is 4.79 Å². The maximum Gasteiger partial charge on any atom is 0.222 e. The zero-order chi connectivity index (χ0) is 22.1. The van der Waals surface area contributed by atoms with E-state index in [1.54, 1.807) is 0 Å². The Balaban J connectivity index is 3.73. The second-order valence-electron chi connectivity index (χ2n) is 7.79. The largest absolute Gasteiger partial charge is 0.395 e. The van der Waals surface area contributed by atoms with Crippen LogP contribution in [-0.4, -0.2) is 35.6 Å². The summed E-state index contributed by atoms with van der Waals surface area (Å²) in [4.78, 5) is 14.1. The van der Waals surface area contributed by atoms with Crippen LogP contribution in [0.4, 0.5) is 0 Å². The topological polar surface area (TPSA) is 40.5 Å². The molecule has 3 nitrogen and oxygen atoms in total. The van der Waals surface area contributed by atoms with Crippen molar-refractivity contribution in [3.63, 3.8) is 0 Å². The number of carbonyl (C=O) groups excluding carboxylic acids is 1. The highest BCUT2D eigenvalue weighted by Crippen LogP contribution is 2.05. The Morgan fingerprint density at radius 1 is 0.667 bits per heavy atom. The van der Waals surface area contributed by atoms with Crippen LogP contribution in [0.15, 0.2) is 48.6 Å². The van der Waals surface area contributed by atoms with Crippen molar-refractivity contribution in [3.8, 4) is 0 Å². The number of aliphatic hydroxyl groups is 1. The molecule has 0 saturated carbocycles. The summed E-state index contributed by atoms with van der Waals surface area (Å²) in [6, 6.07) is 0. The van der Waals surface area contributed by atoms with Gasteiger partial charge >= 0.3 is 0 Å². The van der Waals surface area contributed by atoms with Gasteiger partial charge in [-0.2, -0.15) is 0 Å². The van der Waals surface area contributed by atoms with Crippen LogP contribution in [0.1, 0.15) is 97.3 Å². The third kappa shape index (κ3) is 19.7. The first-order valence-electron chi connectivity index (χ1n) is 12.2. The van der Waals surface area contributed by atoms with Crippen molar-refractivity contribution in [1.82, 2.24) is 4.90 Å². The van der Waals surface area contributed by atoms with E-state index in [9.17, 15) is 4.79 Å². The minimum atomic E-state index is 0.0506. The number of hydrogen-bond acceptors (Lipinski definition) is 2. The maximum absolute atomic E-state index is 12.3. The molecule has 0 spiro atoms. The second-order valence-corrected chi connectivity index (χ2v) is 7.79. The van der Waals surface area contributed by atoms with Gasteiger partial charge in [-0.05, 0) is 51.4 Å². The summed E-state index contributed by atoms with van der Waals surface area (Å²) in [5.74, 6) is 0.177. The van der Waals surface area contributed by atoms with E-state index in [1.165, 1.54) is 25.7 Å². The molecule has 3 heteroatoms. The molecule has 0 aliphatic heterocycles. The number of amides is 1. The zero-order valence-electron chi connectivity index (χ0n) is 19.7. The van der Waals surface area contributed by atoms with E-state index in [0.717, 1.165) is 57.9 Å². The number of rotatable bonds is 20. The number of unbranched alkanes of at least 4 members (excludes halogenated alkanes) is 6. The zero-order valence-corrected chi connectivity index (χ0v) is 19.7. The number of hydrogen-bond donors (Lipinski definition) is 1. The summed E-state index contributed by atoms with van der Waals surface area (Å²) in [6.07, 6.45) is 31.6. The third-order valence-electron chi connectivity index (χ3n) is 4.97. The molecule has 0 aromatic carbocycles. The highest BCUT2D eigenvalue weighted by atomic mass is 16.3. The highest BCUT2D eigenvalue weighted by molar-refractivity contribution is 5.76. The van der Waals surface area contributed by atoms with Crippen LogP contribution in [0.3, 0.4) is 0 Å². The molecule has 1 N–H and O–H groups in total. The molecule has 0 unspecified atom stereocenters. The summed E-state index contributed by atoms with van der Waals surface area (Å²) < 4.78 is 0. The fourth-order valence-electron chi connectivity index (χ4n) is 3.12. The molecule has 0 aliphatic rings. The molecule has 0 heterocycles. The summed E-state index contributed by atoms with van der Waals surface area (Å²) >= 11 is 0. The van der Waals surface area contributed by atoms with Crippen LogP contribution in [0.25, 0.3) is 0 Å². The number of aliphatic hydroxyl groups excluding tert-OH is 1. The van der Waals surface area contributed by atoms with Crippen molar-refractivity contribution in [1.29, 1.82) is 0 Å². The lowest BCUT2D eigenvalue weighted by Crippen LogP contribution is -2.34. The molecule has 0 atom stereocenters. The van der Waals surface area contributed by atoms with E-state index >= 15 is 0 Å². The van der Waals surface area contributed by atoms with Crippen LogP contribution >= 0.6 is 0 Å². The van der Waals surface area contributed by atoms with Crippen LogP contribution in [0, 0.1) is 0 Å². The first kappa shape index (κ1) is 28.4. The van der Waals surface area contributed by atoms with Gasteiger partial charge in [0.25, 0.3) is 0 Å². The first-order valence-corrected chi connectivity index (χ1v) is 12.2. The first-order chi connectivity index (χ1) is 14.8. The normalized spacial score (nSPS) is 12.2. The van der Waals surface area contributed by atoms with E-state index in [4.69, 9.17) is 5.11 Å². The molecule has 30 heavy (non-hydrogen) atoms. The Morgan fingerprint density at radius 3 is 1.70 bits per heavy atom. The average molecular weight is 418 g/mol. The Hall–Kier alpha value is -1.61. The number of carbonyl (C=O) groups is 1. The fourth-order valence-corrected chi connectivity index (χ4v) is 3.12. The smallest absolute Gasteiger partial charge is 0.222 e. The van der Waals surface area contributed by atoms with Crippen molar-refractivity contribution in [3.05, 3.63) is 48.6 Å². The fraction of sp³-hybridized carbons (Fsp3) is 0.667. The summed E-state index contributed by atoms with van der Waals surface area (Å²) in [7, 11) is 0. The molecule has 0 radical (unpaired) electrons. The van der Waals surface area contributed by atoms with Gasteiger partial charge in [0.05, 0.1) is 6.61 Å². The Bertz CT molecular complexity index is 491. The minimum Gasteiger partial charge on any atom is -0.395 e. The van der Waals surface area contributed by atoms with Crippen molar-refractivity contribution >= 4 is 5.91 Å². The molecular weight excluding hydrogens is 370 g/mol. The molecule has 0 saturated heterocycles. The van der Waals surface area contributed by atoms with Gasteiger partial charge in [-0.1, -0.05) is 88.1 Å². The predicted molar refractivity (Wildman–Crippen MR) is 132 cm³/mol. The molecule has 0 aliphatic carbocycles. The third-order valence-corrected chi connectivity index (χ3v) is 4.97. The monoisotopic (exact) mass is 417 g/mol. The van der Waals surface area contributed by atoms with E-state index in [2.05, 4.69) is 62.5 Å². The summed E-state index contributed by atoms with van der Waals surface area (Å²) in [6.45, 7) is 5.69. The highest BCUT2D eigenvalue weighted by Gasteiger charge is 2.11. The molecule has 1 amide bonds. The lowest BCUT2D eigenvalue weighted by atomic mass is 10.2. The van der Waals surface area contributed by atoms with Crippen LogP contribution in [-0.2, 0) is 4.79 Å². The van der Waals surface area contributed by atoms with E-state index < -0.39 is 0 Å². The molecule has 0 rings (SSSR count). The maximum atomic E-state index is 12.3. The molecular formula is C27H47NO2. The minimum absolute atomic E-state index is 0.0506. The molecule has 0 fully saturated rings.